The molecule has 0 aromatic rings. The van der Waals surface area contributed by atoms with Gasteiger partial charge in [0.15, 0.2) is 0 Å². The fourth-order valence-corrected chi connectivity index (χ4v) is 0.820. The molecule has 0 aromatic carbocycles. The number of hydrogen-bond acceptors (Lipinski definition) is 3. The van der Waals surface area contributed by atoms with Crippen molar-refractivity contribution in [3.8, 4) is 0 Å². The summed E-state index contributed by atoms with van der Waals surface area (Å²) in [5.74, 6) is 0. The monoisotopic (exact) mass is 162 g/mol. The lowest BCUT2D eigenvalue weighted by molar-refractivity contribution is -0.128. The Labute approximate surface area is 67.4 Å². The maximum absolute atomic E-state index is 9.18. The van der Waals surface area contributed by atoms with Gasteiger partial charge in [-0.25, -0.2) is 0 Å². The van der Waals surface area contributed by atoms with Crippen LogP contribution in [0.3, 0.4) is 0 Å². The van der Waals surface area contributed by atoms with Crippen LogP contribution >= 0.6 is 12.6 Å². The molecule has 0 aromatic heterocycles. The third-order valence-corrected chi connectivity index (χ3v) is 1.83. The van der Waals surface area contributed by atoms with E-state index in [-0.39, 0.29) is 0 Å². The highest BCUT2D eigenvalue weighted by Crippen LogP contribution is 2.22. The van der Waals surface area contributed by atoms with E-state index in [9.17, 15) is 4.79 Å². The first-order valence-corrected chi connectivity index (χ1v) is 4.06. The smallest absolute Gasteiger partial charge is 0.293 e. The van der Waals surface area contributed by atoms with Crippen molar-refractivity contribution >= 4 is 19.1 Å². The van der Waals surface area contributed by atoms with E-state index in [0.29, 0.717) is 13.1 Å². The molecule has 0 unspecified atom stereocenters. The van der Waals surface area contributed by atoms with Crippen LogP contribution in [0.25, 0.3) is 0 Å². The van der Waals surface area contributed by atoms with E-state index in [0.717, 1.165) is 5.25 Å². The normalized spacial score (nSPS) is 16.2. The van der Waals surface area contributed by atoms with Crippen LogP contribution < -0.4 is 0 Å². The molecule has 0 saturated heterocycles. The molecule has 1 fully saturated rings. The average Bonchev–Trinajstić information content (AvgIpc) is 1.87. The van der Waals surface area contributed by atoms with Gasteiger partial charge < -0.3 is 4.74 Å². The van der Waals surface area contributed by atoms with Crippen LogP contribution in [0.5, 0.6) is 0 Å². The Bertz CT molecular complexity index is 81.7. The largest absolute Gasteiger partial charge is 0.468 e. The standard InChI is InChI=1S/C4H8S.C3H6O2/c5-4-2-1-3-4;1-2-5-3-4/h4-5H,1-3H2;3H,2H2,1H3. The number of hydrogen-bond donors (Lipinski definition) is 1. The van der Waals surface area contributed by atoms with Crippen LogP contribution in [0.4, 0.5) is 0 Å². The Kier molecular flexibility index (Phi) is 6.81. The van der Waals surface area contributed by atoms with Gasteiger partial charge in [-0.15, -0.1) is 0 Å². The van der Waals surface area contributed by atoms with Crippen LogP contribution in [0, 0.1) is 0 Å². The molecule has 1 aliphatic rings. The SMILES string of the molecule is CCOC=O.SC1CCC1. The van der Waals surface area contributed by atoms with Gasteiger partial charge in [-0.2, -0.15) is 12.6 Å². The van der Waals surface area contributed by atoms with E-state index < -0.39 is 0 Å². The van der Waals surface area contributed by atoms with Gasteiger partial charge in [0, 0.05) is 5.25 Å². The van der Waals surface area contributed by atoms with E-state index >= 15 is 0 Å². The van der Waals surface area contributed by atoms with E-state index in [2.05, 4.69) is 17.4 Å². The lowest BCUT2D eigenvalue weighted by Gasteiger charge is -2.17. The Morgan fingerprint density at radius 1 is 1.70 bits per heavy atom. The van der Waals surface area contributed by atoms with Gasteiger partial charge in [0.2, 0.25) is 0 Å². The third kappa shape index (κ3) is 5.95. The topological polar surface area (TPSA) is 26.3 Å². The third-order valence-electron chi connectivity index (χ3n) is 1.31. The zero-order valence-electron chi connectivity index (χ0n) is 6.25. The fraction of sp³-hybridized carbons (Fsp3) is 0.857. The Morgan fingerprint density at radius 3 is 2.20 bits per heavy atom. The van der Waals surface area contributed by atoms with Gasteiger partial charge in [0.1, 0.15) is 0 Å². The first-order valence-electron chi connectivity index (χ1n) is 3.54. The second-order valence-electron chi connectivity index (χ2n) is 2.14. The van der Waals surface area contributed by atoms with Crippen LogP contribution in [0.1, 0.15) is 26.2 Å². The predicted octanol–water partition coefficient (Wildman–Crippen LogP) is 1.65. The van der Waals surface area contributed by atoms with E-state index in [4.69, 9.17) is 0 Å². The molecular formula is C7H14O2S. The van der Waals surface area contributed by atoms with Crippen molar-refractivity contribution < 1.29 is 9.53 Å². The summed E-state index contributed by atoms with van der Waals surface area (Å²) in [4.78, 5) is 9.18. The molecule has 3 heteroatoms. The van der Waals surface area contributed by atoms with Gasteiger partial charge in [0.25, 0.3) is 6.47 Å². The summed E-state index contributed by atoms with van der Waals surface area (Å²) in [5, 5.41) is 0.759. The van der Waals surface area contributed by atoms with Crippen LogP contribution in [-0.2, 0) is 9.53 Å². The van der Waals surface area contributed by atoms with Crippen LogP contribution in [-0.4, -0.2) is 18.3 Å². The molecular weight excluding hydrogens is 148 g/mol. The van der Waals surface area contributed by atoms with Gasteiger partial charge in [-0.05, 0) is 19.8 Å². The van der Waals surface area contributed by atoms with Crippen LogP contribution in [0.15, 0.2) is 0 Å². The Morgan fingerprint density at radius 2 is 2.20 bits per heavy atom. The number of rotatable bonds is 2. The molecule has 2 nitrogen and oxygen atoms in total. The fourth-order valence-electron chi connectivity index (χ4n) is 0.455. The summed E-state index contributed by atoms with van der Waals surface area (Å²) in [6.07, 6.45) is 4.11. The molecule has 1 aliphatic carbocycles. The summed E-state index contributed by atoms with van der Waals surface area (Å²) in [5.41, 5.74) is 0. The maximum atomic E-state index is 9.18. The van der Waals surface area contributed by atoms with Crippen molar-refractivity contribution in [1.29, 1.82) is 0 Å². The summed E-state index contributed by atoms with van der Waals surface area (Å²) in [7, 11) is 0. The molecule has 1 saturated carbocycles. The molecule has 10 heavy (non-hydrogen) atoms. The van der Waals surface area contributed by atoms with Crippen molar-refractivity contribution in [2.24, 2.45) is 0 Å². The van der Waals surface area contributed by atoms with Crippen molar-refractivity contribution in [2.75, 3.05) is 6.61 Å². The highest BCUT2D eigenvalue weighted by molar-refractivity contribution is 7.81. The zero-order valence-corrected chi connectivity index (χ0v) is 7.14. The summed E-state index contributed by atoms with van der Waals surface area (Å²) >= 11 is 4.18. The molecule has 60 valence electrons. The second kappa shape index (κ2) is 6.93. The molecule has 0 N–H and O–H groups in total. The Hall–Kier alpha value is -0.180. The number of ether oxygens (including phenoxy) is 1. The molecule has 0 atom stereocenters. The molecule has 0 amide bonds. The molecule has 0 bridgehead atoms. The number of carbonyl (C=O) groups excluding carboxylic acids is 1. The predicted molar refractivity (Wildman–Crippen MR) is 44.3 cm³/mol. The second-order valence-corrected chi connectivity index (χ2v) is 2.87. The lowest BCUT2D eigenvalue weighted by Crippen LogP contribution is -2.08. The minimum absolute atomic E-state index is 0.431. The van der Waals surface area contributed by atoms with E-state index in [1.165, 1.54) is 19.3 Å². The first-order chi connectivity index (χ1) is 4.81. The maximum Gasteiger partial charge on any atom is 0.293 e. The van der Waals surface area contributed by atoms with Gasteiger partial charge >= 0.3 is 0 Å². The number of carbonyl (C=O) groups is 1. The van der Waals surface area contributed by atoms with Crippen molar-refractivity contribution in [3.63, 3.8) is 0 Å². The lowest BCUT2D eigenvalue weighted by atomic mass is 10.0. The van der Waals surface area contributed by atoms with Gasteiger partial charge in [-0.3, -0.25) is 4.79 Å². The summed E-state index contributed by atoms with van der Waals surface area (Å²) in [6, 6.07) is 0. The molecule has 0 radical (unpaired) electrons. The van der Waals surface area contributed by atoms with Crippen LogP contribution in [0.2, 0.25) is 0 Å². The van der Waals surface area contributed by atoms with E-state index in [1.54, 1.807) is 6.92 Å². The minimum atomic E-state index is 0.431. The molecule has 0 spiro atoms. The van der Waals surface area contributed by atoms with Gasteiger partial charge in [-0.1, -0.05) is 6.42 Å². The molecule has 1 rings (SSSR count). The van der Waals surface area contributed by atoms with Crippen molar-refractivity contribution in [3.05, 3.63) is 0 Å². The quantitative estimate of drug-likeness (QED) is 0.493. The number of thiol groups is 1. The summed E-state index contributed by atoms with van der Waals surface area (Å²) in [6.45, 7) is 2.66. The minimum Gasteiger partial charge on any atom is -0.468 e. The average molecular weight is 162 g/mol. The van der Waals surface area contributed by atoms with Crippen molar-refractivity contribution in [2.45, 2.75) is 31.4 Å². The Balaban J connectivity index is 0.000000162. The van der Waals surface area contributed by atoms with Crippen molar-refractivity contribution in [1.82, 2.24) is 0 Å². The van der Waals surface area contributed by atoms with E-state index in [1.807, 2.05) is 0 Å². The highest BCUT2D eigenvalue weighted by atomic mass is 32.1. The zero-order chi connectivity index (χ0) is 7.82. The molecule has 0 heterocycles. The summed E-state index contributed by atoms with van der Waals surface area (Å²) < 4.78 is 4.15. The molecule has 0 aliphatic heterocycles. The highest BCUT2D eigenvalue weighted by Gasteiger charge is 2.10. The first kappa shape index (κ1) is 9.82. The van der Waals surface area contributed by atoms with Gasteiger partial charge in [0.05, 0.1) is 6.61 Å².